The molecule has 23 heavy (non-hydrogen) atoms. The Balaban J connectivity index is 4.96. The van der Waals surface area contributed by atoms with Gasteiger partial charge < -0.3 is 24.3 Å². The number of halogens is 1. The maximum absolute atomic E-state index is 12.2. The number of rotatable bonds is 8. The van der Waals surface area contributed by atoms with Crippen LogP contribution in [0.25, 0.3) is 0 Å². The number of methoxy groups -OCH3 is 2. The Morgan fingerprint density at radius 1 is 1.09 bits per heavy atom. The first kappa shape index (κ1) is 21.1. The zero-order valence-corrected chi connectivity index (χ0v) is 14.0. The Morgan fingerprint density at radius 2 is 1.65 bits per heavy atom. The van der Waals surface area contributed by atoms with Crippen molar-refractivity contribution >= 4 is 18.0 Å². The summed E-state index contributed by atoms with van der Waals surface area (Å²) >= 11 is 0. The van der Waals surface area contributed by atoms with Crippen molar-refractivity contribution in [3.63, 3.8) is 0 Å². The number of alkyl halides is 1. The van der Waals surface area contributed by atoms with Crippen LogP contribution in [-0.4, -0.2) is 63.3 Å². The highest BCUT2D eigenvalue weighted by Crippen LogP contribution is 2.10. The first-order valence-electron chi connectivity index (χ1n) is 6.97. The minimum absolute atomic E-state index is 0.279. The molecular formula is C14H24FNO7. The van der Waals surface area contributed by atoms with E-state index in [-0.39, 0.29) is 13.0 Å². The van der Waals surface area contributed by atoms with Crippen LogP contribution in [-0.2, 0) is 28.5 Å². The van der Waals surface area contributed by atoms with Gasteiger partial charge in [-0.3, -0.25) is 0 Å². The Labute approximate surface area is 134 Å². The highest BCUT2D eigenvalue weighted by molar-refractivity contribution is 5.83. The van der Waals surface area contributed by atoms with Gasteiger partial charge in [-0.25, -0.2) is 18.8 Å². The lowest BCUT2D eigenvalue weighted by atomic mass is 10.1. The van der Waals surface area contributed by atoms with Gasteiger partial charge in [0.15, 0.2) is 6.10 Å². The van der Waals surface area contributed by atoms with Crippen LogP contribution in [0.2, 0.25) is 0 Å². The normalized spacial score (nSPS) is 13.7. The second-order valence-corrected chi connectivity index (χ2v) is 5.53. The number of alkyl carbamates (subject to hydrolysis) is 1. The van der Waals surface area contributed by atoms with Crippen molar-refractivity contribution in [1.82, 2.24) is 5.32 Å². The van der Waals surface area contributed by atoms with Crippen LogP contribution in [0.15, 0.2) is 0 Å². The molecule has 2 atom stereocenters. The standard InChI is InChI=1S/C14H24FNO7/c1-14(2,3)23-13(19)16-9(11(17)20-4)8-10(12(18)21-5)22-7-6-15/h9-10H,6-8H2,1-5H3,(H,16,19). The van der Waals surface area contributed by atoms with Gasteiger partial charge in [-0.05, 0) is 20.8 Å². The minimum Gasteiger partial charge on any atom is -0.467 e. The lowest BCUT2D eigenvalue weighted by Gasteiger charge is -2.24. The first-order valence-corrected chi connectivity index (χ1v) is 6.97. The molecule has 0 aromatic rings. The molecule has 0 aromatic carbocycles. The quantitative estimate of drug-likeness (QED) is 0.520. The molecule has 134 valence electrons. The fraction of sp³-hybridized carbons (Fsp3) is 0.786. The molecule has 1 N–H and O–H groups in total. The number of hydrogen-bond donors (Lipinski definition) is 1. The average Bonchev–Trinajstić information content (AvgIpc) is 2.46. The van der Waals surface area contributed by atoms with E-state index in [9.17, 15) is 18.8 Å². The highest BCUT2D eigenvalue weighted by Gasteiger charge is 2.31. The Kier molecular flexibility index (Phi) is 9.16. The zero-order chi connectivity index (χ0) is 18.0. The fourth-order valence-corrected chi connectivity index (χ4v) is 1.57. The summed E-state index contributed by atoms with van der Waals surface area (Å²) in [4.78, 5) is 35.1. The summed E-state index contributed by atoms with van der Waals surface area (Å²) in [5, 5.41) is 2.29. The van der Waals surface area contributed by atoms with E-state index in [2.05, 4.69) is 14.8 Å². The molecule has 0 aliphatic heterocycles. The highest BCUT2D eigenvalue weighted by atomic mass is 19.1. The molecule has 0 fully saturated rings. The number of nitrogens with one attached hydrogen (secondary N) is 1. The topological polar surface area (TPSA) is 100 Å². The van der Waals surface area contributed by atoms with Crippen LogP contribution in [0.5, 0.6) is 0 Å². The van der Waals surface area contributed by atoms with Crippen molar-refractivity contribution in [2.45, 2.75) is 44.9 Å². The third-order valence-electron chi connectivity index (χ3n) is 2.49. The summed E-state index contributed by atoms with van der Waals surface area (Å²) in [6.07, 6.45) is -2.37. The number of ether oxygens (including phenoxy) is 4. The van der Waals surface area contributed by atoms with E-state index >= 15 is 0 Å². The van der Waals surface area contributed by atoms with Crippen LogP contribution >= 0.6 is 0 Å². The van der Waals surface area contributed by atoms with Crippen LogP contribution in [0.1, 0.15) is 27.2 Å². The molecular weight excluding hydrogens is 313 g/mol. The lowest BCUT2D eigenvalue weighted by Crippen LogP contribution is -2.47. The third-order valence-corrected chi connectivity index (χ3v) is 2.49. The average molecular weight is 337 g/mol. The molecule has 1 amide bonds. The van der Waals surface area contributed by atoms with Crippen molar-refractivity contribution < 1.29 is 37.7 Å². The first-order chi connectivity index (χ1) is 10.6. The summed E-state index contributed by atoms with van der Waals surface area (Å²) in [7, 11) is 2.25. The Hall–Kier alpha value is -1.90. The van der Waals surface area contributed by atoms with E-state index in [1.54, 1.807) is 20.8 Å². The monoisotopic (exact) mass is 337 g/mol. The Morgan fingerprint density at radius 3 is 2.09 bits per heavy atom. The smallest absolute Gasteiger partial charge is 0.408 e. The summed E-state index contributed by atoms with van der Waals surface area (Å²) in [6, 6.07) is -1.21. The predicted octanol–water partition coefficient (Wildman–Crippen LogP) is 0.970. The molecule has 0 spiro atoms. The second kappa shape index (κ2) is 9.98. The minimum atomic E-state index is -1.23. The lowest BCUT2D eigenvalue weighted by molar-refractivity contribution is -0.156. The van der Waals surface area contributed by atoms with Crippen molar-refractivity contribution in [2.24, 2.45) is 0 Å². The summed E-state index contributed by atoms with van der Waals surface area (Å²) in [5.74, 6) is -1.59. The molecule has 0 saturated heterocycles. The molecule has 9 heteroatoms. The number of amides is 1. The second-order valence-electron chi connectivity index (χ2n) is 5.53. The van der Waals surface area contributed by atoms with Crippen LogP contribution < -0.4 is 5.32 Å². The van der Waals surface area contributed by atoms with Gasteiger partial charge in [-0.2, -0.15) is 0 Å². The zero-order valence-electron chi connectivity index (χ0n) is 14.0. The molecule has 0 heterocycles. The molecule has 0 bridgehead atoms. The number of carbonyl (C=O) groups is 3. The van der Waals surface area contributed by atoms with Gasteiger partial charge in [0.05, 0.1) is 20.8 Å². The van der Waals surface area contributed by atoms with Gasteiger partial charge in [0, 0.05) is 6.42 Å². The molecule has 8 nitrogen and oxygen atoms in total. The SMILES string of the molecule is COC(=O)C(CC(OCCF)C(=O)OC)NC(=O)OC(C)(C)C. The number of esters is 2. The van der Waals surface area contributed by atoms with Gasteiger partial charge in [0.2, 0.25) is 0 Å². The van der Waals surface area contributed by atoms with Crippen molar-refractivity contribution in [3.05, 3.63) is 0 Å². The third kappa shape index (κ3) is 8.97. The van der Waals surface area contributed by atoms with E-state index in [4.69, 9.17) is 9.47 Å². The fourth-order valence-electron chi connectivity index (χ4n) is 1.57. The maximum Gasteiger partial charge on any atom is 0.408 e. The van der Waals surface area contributed by atoms with Crippen molar-refractivity contribution in [1.29, 1.82) is 0 Å². The van der Waals surface area contributed by atoms with Crippen molar-refractivity contribution in [2.75, 3.05) is 27.5 Å². The number of carbonyl (C=O) groups excluding carboxylic acids is 3. The number of hydrogen-bond acceptors (Lipinski definition) is 7. The van der Waals surface area contributed by atoms with Gasteiger partial charge in [-0.1, -0.05) is 0 Å². The largest absolute Gasteiger partial charge is 0.467 e. The van der Waals surface area contributed by atoms with E-state index in [0.29, 0.717) is 0 Å². The van der Waals surface area contributed by atoms with Crippen LogP contribution in [0, 0.1) is 0 Å². The molecule has 2 unspecified atom stereocenters. The maximum atomic E-state index is 12.2. The summed E-state index contributed by atoms with van der Waals surface area (Å²) < 4.78 is 31.4. The van der Waals surface area contributed by atoms with Crippen LogP contribution in [0.4, 0.5) is 9.18 Å². The van der Waals surface area contributed by atoms with E-state index in [1.807, 2.05) is 0 Å². The van der Waals surface area contributed by atoms with Crippen LogP contribution in [0.3, 0.4) is 0 Å². The Bertz CT molecular complexity index is 408. The molecule has 0 aliphatic rings. The van der Waals surface area contributed by atoms with Crippen molar-refractivity contribution in [3.8, 4) is 0 Å². The summed E-state index contributed by atoms with van der Waals surface area (Å²) in [5.41, 5.74) is -0.767. The van der Waals surface area contributed by atoms with E-state index in [0.717, 1.165) is 14.2 Å². The van der Waals surface area contributed by atoms with Gasteiger partial charge >= 0.3 is 18.0 Å². The molecule has 0 aliphatic carbocycles. The molecule has 0 rings (SSSR count). The molecule has 0 radical (unpaired) electrons. The predicted molar refractivity (Wildman–Crippen MR) is 77.5 cm³/mol. The van der Waals surface area contributed by atoms with Gasteiger partial charge in [0.1, 0.15) is 18.3 Å². The van der Waals surface area contributed by atoms with Gasteiger partial charge in [-0.15, -0.1) is 0 Å². The summed E-state index contributed by atoms with van der Waals surface area (Å²) in [6.45, 7) is 3.81. The molecule has 0 aromatic heterocycles. The van der Waals surface area contributed by atoms with E-state index < -0.39 is 42.5 Å². The van der Waals surface area contributed by atoms with Gasteiger partial charge in [0.25, 0.3) is 0 Å². The van der Waals surface area contributed by atoms with E-state index in [1.165, 1.54) is 0 Å². The molecule has 0 saturated carbocycles.